The summed E-state index contributed by atoms with van der Waals surface area (Å²) in [6, 6.07) is 6.07. The van der Waals surface area contributed by atoms with Crippen molar-refractivity contribution in [1.82, 2.24) is 0 Å². The van der Waals surface area contributed by atoms with Gasteiger partial charge in [-0.25, -0.2) is 0 Å². The van der Waals surface area contributed by atoms with Crippen molar-refractivity contribution in [2.45, 2.75) is 19.8 Å². The van der Waals surface area contributed by atoms with Crippen molar-refractivity contribution in [3.63, 3.8) is 0 Å². The molecule has 1 heterocycles. The van der Waals surface area contributed by atoms with Crippen molar-refractivity contribution < 1.29 is 0 Å². The molecule has 16 heavy (non-hydrogen) atoms. The molecule has 3 heteroatoms. The van der Waals surface area contributed by atoms with Gasteiger partial charge in [-0.05, 0) is 54.9 Å². The summed E-state index contributed by atoms with van der Waals surface area (Å²) in [6.45, 7) is 3.21. The Morgan fingerprint density at radius 2 is 2.12 bits per heavy atom. The maximum Gasteiger partial charge on any atom is 0.0390 e. The van der Waals surface area contributed by atoms with Crippen LogP contribution in [0.2, 0.25) is 0 Å². The molecule has 0 unspecified atom stereocenters. The highest BCUT2D eigenvalue weighted by Crippen LogP contribution is 2.24. The van der Waals surface area contributed by atoms with Crippen molar-refractivity contribution in [1.29, 1.82) is 0 Å². The summed E-state index contributed by atoms with van der Waals surface area (Å²) in [5.74, 6) is 3.48. The van der Waals surface area contributed by atoms with Crippen LogP contribution in [0.4, 0.5) is 11.4 Å². The van der Waals surface area contributed by atoms with Crippen LogP contribution in [0.25, 0.3) is 0 Å². The zero-order chi connectivity index (χ0) is 11.4. The lowest BCUT2D eigenvalue weighted by molar-refractivity contribution is 0.516. The highest BCUT2D eigenvalue weighted by Gasteiger charge is 2.13. The standard InChI is InChI=1S/C13H20N2S/c1-10-2-3-12(14)8-13(10)15-9-11-4-6-16-7-5-11/h2-3,8,11,15H,4-7,9,14H2,1H3. The third kappa shape index (κ3) is 3.08. The number of benzene rings is 1. The van der Waals surface area contributed by atoms with Crippen molar-refractivity contribution in [2.24, 2.45) is 5.92 Å². The Morgan fingerprint density at radius 1 is 1.38 bits per heavy atom. The van der Waals surface area contributed by atoms with Gasteiger partial charge in [-0.2, -0.15) is 11.8 Å². The van der Waals surface area contributed by atoms with E-state index in [4.69, 9.17) is 5.73 Å². The van der Waals surface area contributed by atoms with E-state index in [1.807, 2.05) is 12.1 Å². The van der Waals surface area contributed by atoms with Gasteiger partial charge in [-0.1, -0.05) is 6.07 Å². The van der Waals surface area contributed by atoms with Gasteiger partial charge in [-0.3, -0.25) is 0 Å². The number of aryl methyl sites for hydroxylation is 1. The number of anilines is 2. The van der Waals surface area contributed by atoms with E-state index >= 15 is 0 Å². The minimum atomic E-state index is 0.835. The molecular weight excluding hydrogens is 216 g/mol. The fourth-order valence-electron chi connectivity index (χ4n) is 2.03. The summed E-state index contributed by atoms with van der Waals surface area (Å²) in [7, 11) is 0. The zero-order valence-corrected chi connectivity index (χ0v) is 10.6. The van der Waals surface area contributed by atoms with Gasteiger partial charge in [0.05, 0.1) is 0 Å². The Bertz CT molecular complexity index is 346. The molecule has 0 saturated carbocycles. The number of thioether (sulfide) groups is 1. The molecular formula is C13H20N2S. The smallest absolute Gasteiger partial charge is 0.0390 e. The van der Waals surface area contributed by atoms with Gasteiger partial charge in [0.25, 0.3) is 0 Å². The van der Waals surface area contributed by atoms with E-state index in [0.717, 1.165) is 18.2 Å². The number of nitrogens with one attached hydrogen (secondary N) is 1. The summed E-state index contributed by atoms with van der Waals surface area (Å²) in [6.07, 6.45) is 2.69. The number of nitrogen functional groups attached to an aromatic ring is 1. The molecule has 0 amide bonds. The van der Waals surface area contributed by atoms with Crippen molar-refractivity contribution in [2.75, 3.05) is 29.1 Å². The molecule has 1 fully saturated rings. The third-order valence-corrected chi connectivity index (χ3v) is 4.23. The first-order valence-corrected chi connectivity index (χ1v) is 7.09. The lowest BCUT2D eigenvalue weighted by atomic mass is 10.0. The van der Waals surface area contributed by atoms with Crippen LogP contribution in [0, 0.1) is 12.8 Å². The van der Waals surface area contributed by atoms with Crippen LogP contribution in [-0.2, 0) is 0 Å². The van der Waals surface area contributed by atoms with Crippen LogP contribution in [0.3, 0.4) is 0 Å². The quantitative estimate of drug-likeness (QED) is 0.792. The van der Waals surface area contributed by atoms with E-state index < -0.39 is 0 Å². The predicted octanol–water partition coefficient (Wildman–Crippen LogP) is 3.13. The average Bonchev–Trinajstić information content (AvgIpc) is 2.32. The lowest BCUT2D eigenvalue weighted by Crippen LogP contribution is -2.19. The third-order valence-electron chi connectivity index (χ3n) is 3.18. The molecule has 0 bridgehead atoms. The number of hydrogen-bond acceptors (Lipinski definition) is 3. The predicted molar refractivity (Wildman–Crippen MR) is 74.1 cm³/mol. The minimum absolute atomic E-state index is 0.835. The summed E-state index contributed by atoms with van der Waals surface area (Å²) in [4.78, 5) is 0. The first-order chi connectivity index (χ1) is 7.75. The Kier molecular flexibility index (Phi) is 3.99. The van der Waals surface area contributed by atoms with E-state index in [-0.39, 0.29) is 0 Å². The molecule has 2 rings (SSSR count). The maximum absolute atomic E-state index is 5.79. The van der Waals surface area contributed by atoms with E-state index in [1.54, 1.807) is 0 Å². The second-order valence-electron chi connectivity index (χ2n) is 4.51. The highest BCUT2D eigenvalue weighted by molar-refractivity contribution is 7.99. The maximum atomic E-state index is 5.79. The molecule has 0 radical (unpaired) electrons. The normalized spacial score (nSPS) is 17.3. The van der Waals surface area contributed by atoms with Crippen LogP contribution >= 0.6 is 11.8 Å². The van der Waals surface area contributed by atoms with Crippen molar-refractivity contribution >= 4 is 23.1 Å². The van der Waals surface area contributed by atoms with Crippen LogP contribution in [0.15, 0.2) is 18.2 Å². The topological polar surface area (TPSA) is 38.0 Å². The number of hydrogen-bond donors (Lipinski definition) is 2. The summed E-state index contributed by atoms with van der Waals surface area (Å²) in [5, 5.41) is 3.53. The molecule has 2 nitrogen and oxygen atoms in total. The fraction of sp³-hybridized carbons (Fsp3) is 0.538. The van der Waals surface area contributed by atoms with Gasteiger partial charge in [0.2, 0.25) is 0 Å². The number of nitrogens with two attached hydrogens (primary N) is 1. The second kappa shape index (κ2) is 5.48. The number of rotatable bonds is 3. The monoisotopic (exact) mass is 236 g/mol. The molecule has 1 aliphatic rings. The van der Waals surface area contributed by atoms with E-state index in [0.29, 0.717) is 0 Å². The van der Waals surface area contributed by atoms with E-state index in [9.17, 15) is 0 Å². The van der Waals surface area contributed by atoms with Gasteiger partial charge >= 0.3 is 0 Å². The molecule has 0 spiro atoms. The largest absolute Gasteiger partial charge is 0.399 e. The van der Waals surface area contributed by atoms with E-state index in [2.05, 4.69) is 30.1 Å². The van der Waals surface area contributed by atoms with Crippen LogP contribution in [0.5, 0.6) is 0 Å². The second-order valence-corrected chi connectivity index (χ2v) is 5.74. The van der Waals surface area contributed by atoms with Gasteiger partial charge in [-0.15, -0.1) is 0 Å². The van der Waals surface area contributed by atoms with Crippen LogP contribution in [0.1, 0.15) is 18.4 Å². The average molecular weight is 236 g/mol. The van der Waals surface area contributed by atoms with Crippen LogP contribution < -0.4 is 11.1 Å². The molecule has 1 aliphatic heterocycles. The highest BCUT2D eigenvalue weighted by atomic mass is 32.2. The van der Waals surface area contributed by atoms with Gasteiger partial charge in [0.1, 0.15) is 0 Å². The van der Waals surface area contributed by atoms with Crippen molar-refractivity contribution in [3.05, 3.63) is 23.8 Å². The minimum Gasteiger partial charge on any atom is -0.399 e. The molecule has 0 aliphatic carbocycles. The molecule has 0 aromatic heterocycles. The van der Waals surface area contributed by atoms with Crippen molar-refractivity contribution in [3.8, 4) is 0 Å². The summed E-state index contributed by atoms with van der Waals surface area (Å²) < 4.78 is 0. The summed E-state index contributed by atoms with van der Waals surface area (Å²) >= 11 is 2.08. The molecule has 1 saturated heterocycles. The lowest BCUT2D eigenvalue weighted by Gasteiger charge is -2.22. The van der Waals surface area contributed by atoms with Crippen LogP contribution in [-0.4, -0.2) is 18.1 Å². The molecule has 1 aromatic carbocycles. The first-order valence-electron chi connectivity index (χ1n) is 5.93. The molecule has 0 atom stereocenters. The molecule has 1 aromatic rings. The SMILES string of the molecule is Cc1ccc(N)cc1NCC1CCSCC1. The fourth-order valence-corrected chi connectivity index (χ4v) is 3.24. The summed E-state index contributed by atoms with van der Waals surface area (Å²) in [5.41, 5.74) is 9.10. The van der Waals surface area contributed by atoms with Gasteiger partial charge in [0, 0.05) is 17.9 Å². The first kappa shape index (κ1) is 11.6. The van der Waals surface area contributed by atoms with Gasteiger partial charge in [0.15, 0.2) is 0 Å². The zero-order valence-electron chi connectivity index (χ0n) is 9.83. The molecule has 88 valence electrons. The van der Waals surface area contributed by atoms with Gasteiger partial charge < -0.3 is 11.1 Å². The Balaban J connectivity index is 1.90. The van der Waals surface area contributed by atoms with E-state index in [1.165, 1.54) is 35.6 Å². The Labute approximate surface area is 102 Å². The molecule has 3 N–H and O–H groups in total. The Hall–Kier alpha value is -0.830. The Morgan fingerprint density at radius 3 is 2.88 bits per heavy atom.